The molecule has 0 N–H and O–H groups in total. The molecule has 61 heavy (non-hydrogen) atoms. The minimum absolute atomic E-state index is 0.913. The van der Waals surface area contributed by atoms with Gasteiger partial charge in [-0.25, -0.2) is 0 Å². The number of aryl methyl sites for hydroxylation is 1. The molecule has 0 atom stereocenters. The summed E-state index contributed by atoms with van der Waals surface area (Å²) in [6.45, 7) is 2.21. The van der Waals surface area contributed by atoms with Crippen LogP contribution in [0.4, 0.5) is 17.1 Å². The van der Waals surface area contributed by atoms with Crippen molar-refractivity contribution >= 4 is 78.9 Å². The third kappa shape index (κ3) is 5.60. The van der Waals surface area contributed by atoms with E-state index in [1.165, 1.54) is 71.7 Å². The molecule has 0 unspecified atom stereocenters. The molecule has 290 valence electrons. The Labute approximate surface area is 355 Å². The summed E-state index contributed by atoms with van der Waals surface area (Å²) in [6, 6.07) is 60.0. The maximum Gasteiger partial charge on any atom is 0.0543 e. The van der Waals surface area contributed by atoms with Gasteiger partial charge in [0.2, 0.25) is 0 Å². The second-order valence-corrected chi connectivity index (χ2v) is 16.1. The highest BCUT2D eigenvalue weighted by Crippen LogP contribution is 2.40. The van der Waals surface area contributed by atoms with Gasteiger partial charge in [0.25, 0.3) is 0 Å². The van der Waals surface area contributed by atoms with Crippen LogP contribution in [0.1, 0.15) is 34.5 Å². The van der Waals surface area contributed by atoms with Crippen molar-refractivity contribution in [2.75, 3.05) is 4.90 Å². The lowest BCUT2D eigenvalue weighted by Gasteiger charge is -2.26. The second-order valence-electron chi connectivity index (χ2n) is 16.1. The van der Waals surface area contributed by atoms with Gasteiger partial charge in [-0.1, -0.05) is 103 Å². The van der Waals surface area contributed by atoms with Crippen molar-refractivity contribution in [3.8, 4) is 17.1 Å². The summed E-state index contributed by atoms with van der Waals surface area (Å²) in [5, 5.41) is 5.11. The number of hydrogen-bond acceptors (Lipinski definition) is 1. The summed E-state index contributed by atoms with van der Waals surface area (Å²) in [7, 11) is 0. The summed E-state index contributed by atoms with van der Waals surface area (Å²) in [5.41, 5.74) is 18.0. The minimum atomic E-state index is 0.913. The van der Waals surface area contributed by atoms with Gasteiger partial charge < -0.3 is 18.6 Å². The van der Waals surface area contributed by atoms with E-state index >= 15 is 0 Å². The van der Waals surface area contributed by atoms with Crippen molar-refractivity contribution in [1.82, 2.24) is 13.7 Å². The van der Waals surface area contributed by atoms with Crippen LogP contribution >= 0.6 is 0 Å². The van der Waals surface area contributed by atoms with E-state index in [4.69, 9.17) is 0 Å². The average Bonchev–Trinajstić information content (AvgIpc) is 3.74. The van der Waals surface area contributed by atoms with Crippen molar-refractivity contribution in [1.29, 1.82) is 0 Å². The molecule has 12 rings (SSSR count). The number of fused-ring (bicyclic) bond motifs is 9. The van der Waals surface area contributed by atoms with Crippen molar-refractivity contribution in [2.24, 2.45) is 0 Å². The highest BCUT2D eigenvalue weighted by atomic mass is 15.1. The predicted octanol–water partition coefficient (Wildman–Crippen LogP) is 15.0. The molecule has 0 saturated carbocycles. The summed E-state index contributed by atoms with van der Waals surface area (Å²) in [6.07, 6.45) is 19.8. The molecule has 4 nitrogen and oxygen atoms in total. The second kappa shape index (κ2) is 14.2. The van der Waals surface area contributed by atoms with E-state index < -0.39 is 0 Å². The number of para-hydroxylation sites is 3. The first-order valence-corrected chi connectivity index (χ1v) is 21.2. The molecule has 0 spiro atoms. The molecule has 0 amide bonds. The Bertz CT molecular complexity index is 3400. The first-order valence-electron chi connectivity index (χ1n) is 21.2. The molecule has 7 aromatic carbocycles. The SMILES string of the molecule is Cc1cccc2c1c1ccccc1n2-c1ccc(N(c2ccc(-n3c4c(c5c3C=CC=CC5)C=CCC=C4)cc2)c2ccc(-n3c4ccccc4c4ccccc43)cc2)cc1. The fourth-order valence-electron chi connectivity index (χ4n) is 9.93. The molecule has 0 radical (unpaired) electrons. The largest absolute Gasteiger partial charge is 0.310 e. The molecule has 10 aromatic rings. The van der Waals surface area contributed by atoms with Crippen molar-refractivity contribution in [2.45, 2.75) is 19.8 Å². The third-order valence-corrected chi connectivity index (χ3v) is 12.6. The standard InChI is InChI=1S/C57H42N4/c1-39-15-14-26-56-57(39)50-20-10-13-25-55(50)61(56)45-37-31-42(32-38-45)58(41-29-35-44(36-30-41)60-53-23-11-8-18-48(53)49-19-9-12-24-54(49)60)40-27-33-43(34-28-40)59-51-21-6-2-4-16-46(51)47-17-5-3-7-22-52(47)59/h2,4-15,17-38H,3,16H2,1H3. The van der Waals surface area contributed by atoms with E-state index in [-0.39, 0.29) is 0 Å². The van der Waals surface area contributed by atoms with Crippen LogP contribution in [0.2, 0.25) is 0 Å². The van der Waals surface area contributed by atoms with Crippen LogP contribution in [0.5, 0.6) is 0 Å². The van der Waals surface area contributed by atoms with Crippen LogP contribution in [0.25, 0.3) is 78.9 Å². The van der Waals surface area contributed by atoms with Gasteiger partial charge in [0.05, 0.1) is 33.5 Å². The van der Waals surface area contributed by atoms with Gasteiger partial charge in [0.1, 0.15) is 0 Å². The molecule has 2 aliphatic carbocycles. The highest BCUT2D eigenvalue weighted by molar-refractivity contribution is 6.11. The van der Waals surface area contributed by atoms with Gasteiger partial charge in [0, 0.05) is 61.2 Å². The van der Waals surface area contributed by atoms with Crippen LogP contribution < -0.4 is 4.90 Å². The Morgan fingerprint density at radius 3 is 1.54 bits per heavy atom. The van der Waals surface area contributed by atoms with Gasteiger partial charge in [-0.2, -0.15) is 0 Å². The number of aromatic nitrogens is 3. The number of nitrogens with zero attached hydrogens (tertiary/aromatic N) is 4. The number of anilines is 3. The van der Waals surface area contributed by atoms with Crippen molar-refractivity contribution in [3.63, 3.8) is 0 Å². The van der Waals surface area contributed by atoms with Crippen LogP contribution in [0, 0.1) is 6.92 Å². The molecule has 2 aliphatic rings. The topological polar surface area (TPSA) is 18.0 Å². The Morgan fingerprint density at radius 2 is 0.918 bits per heavy atom. The number of allylic oxidation sites excluding steroid dienone is 5. The van der Waals surface area contributed by atoms with E-state index in [1.807, 2.05) is 0 Å². The van der Waals surface area contributed by atoms with Crippen LogP contribution in [-0.2, 0) is 6.42 Å². The molecule has 3 aromatic heterocycles. The predicted molar refractivity (Wildman–Crippen MR) is 258 cm³/mol. The number of hydrogen-bond donors (Lipinski definition) is 0. The Hall–Kier alpha value is -7.82. The van der Waals surface area contributed by atoms with Gasteiger partial charge >= 0.3 is 0 Å². The third-order valence-electron chi connectivity index (χ3n) is 12.6. The zero-order valence-corrected chi connectivity index (χ0v) is 33.9. The monoisotopic (exact) mass is 782 g/mol. The van der Waals surface area contributed by atoms with E-state index in [0.29, 0.717) is 0 Å². The van der Waals surface area contributed by atoms with Crippen LogP contribution in [0.15, 0.2) is 194 Å². The Morgan fingerprint density at radius 1 is 0.410 bits per heavy atom. The molecular formula is C57H42N4. The van der Waals surface area contributed by atoms with E-state index in [0.717, 1.165) is 47.0 Å². The molecule has 4 heteroatoms. The lowest BCUT2D eigenvalue weighted by atomic mass is 10.1. The normalized spacial score (nSPS) is 13.3. The lowest BCUT2D eigenvalue weighted by Crippen LogP contribution is -2.11. The number of benzene rings is 7. The van der Waals surface area contributed by atoms with E-state index in [1.54, 1.807) is 0 Å². The van der Waals surface area contributed by atoms with Gasteiger partial charge in [-0.05, 0) is 140 Å². The van der Waals surface area contributed by atoms with E-state index in [9.17, 15) is 0 Å². The zero-order valence-electron chi connectivity index (χ0n) is 33.9. The maximum atomic E-state index is 2.43. The van der Waals surface area contributed by atoms with Gasteiger partial charge in [-0.15, -0.1) is 0 Å². The Kier molecular flexibility index (Phi) is 8.17. The fourth-order valence-corrected chi connectivity index (χ4v) is 9.93. The summed E-state index contributed by atoms with van der Waals surface area (Å²) in [4.78, 5) is 2.38. The first kappa shape index (κ1) is 35.2. The van der Waals surface area contributed by atoms with Crippen molar-refractivity contribution in [3.05, 3.63) is 222 Å². The smallest absolute Gasteiger partial charge is 0.0543 e. The highest BCUT2D eigenvalue weighted by Gasteiger charge is 2.22. The molecule has 0 saturated heterocycles. The fraction of sp³-hybridized carbons (Fsp3) is 0.0526. The summed E-state index contributed by atoms with van der Waals surface area (Å²) < 4.78 is 7.21. The first-order chi connectivity index (χ1) is 30.2. The molecule has 3 heterocycles. The minimum Gasteiger partial charge on any atom is -0.310 e. The zero-order chi connectivity index (χ0) is 40.4. The molecule has 0 aliphatic heterocycles. The average molecular weight is 783 g/mol. The Balaban J connectivity index is 0.992. The van der Waals surface area contributed by atoms with Crippen LogP contribution in [-0.4, -0.2) is 13.7 Å². The molecular weight excluding hydrogens is 741 g/mol. The molecule has 0 bridgehead atoms. The molecule has 0 fully saturated rings. The van der Waals surface area contributed by atoms with Crippen molar-refractivity contribution < 1.29 is 0 Å². The quantitative estimate of drug-likeness (QED) is 0.164. The van der Waals surface area contributed by atoms with E-state index in [2.05, 4.69) is 238 Å². The van der Waals surface area contributed by atoms with Gasteiger partial charge in [-0.3, -0.25) is 0 Å². The lowest BCUT2D eigenvalue weighted by molar-refractivity contribution is 1.03. The summed E-state index contributed by atoms with van der Waals surface area (Å²) >= 11 is 0. The van der Waals surface area contributed by atoms with Gasteiger partial charge in [0.15, 0.2) is 0 Å². The summed E-state index contributed by atoms with van der Waals surface area (Å²) in [5.74, 6) is 0. The number of rotatable bonds is 6. The van der Waals surface area contributed by atoms with Crippen LogP contribution in [0.3, 0.4) is 0 Å². The maximum absolute atomic E-state index is 2.43.